The maximum atomic E-state index is 13.2. The lowest BCUT2D eigenvalue weighted by molar-refractivity contribution is -0.137. The van der Waals surface area contributed by atoms with E-state index in [1.54, 1.807) is 0 Å². The SMILES string of the molecule is Fc1ccc(N2CCOc3cnc(Cl)nc32)c(C(F)(F)F)c1. The molecule has 4 nitrogen and oxygen atoms in total. The van der Waals surface area contributed by atoms with Gasteiger partial charge in [0.2, 0.25) is 5.28 Å². The Hall–Kier alpha value is -2.09. The van der Waals surface area contributed by atoms with E-state index in [9.17, 15) is 17.6 Å². The van der Waals surface area contributed by atoms with Crippen molar-refractivity contribution in [1.29, 1.82) is 0 Å². The van der Waals surface area contributed by atoms with E-state index >= 15 is 0 Å². The fourth-order valence-corrected chi connectivity index (χ4v) is 2.32. The quantitative estimate of drug-likeness (QED) is 0.587. The Morgan fingerprint density at radius 2 is 2.05 bits per heavy atom. The molecule has 1 aromatic carbocycles. The smallest absolute Gasteiger partial charge is 0.418 e. The largest absolute Gasteiger partial charge is 0.486 e. The number of hydrogen-bond donors (Lipinski definition) is 0. The first-order chi connectivity index (χ1) is 10.4. The van der Waals surface area contributed by atoms with Crippen molar-refractivity contribution in [3.05, 3.63) is 41.1 Å². The number of anilines is 2. The average molecular weight is 334 g/mol. The fraction of sp³-hybridized carbons (Fsp3) is 0.231. The summed E-state index contributed by atoms with van der Waals surface area (Å²) in [5.41, 5.74) is -1.30. The van der Waals surface area contributed by atoms with E-state index in [4.69, 9.17) is 16.3 Å². The van der Waals surface area contributed by atoms with Crippen LogP contribution in [0.15, 0.2) is 24.4 Å². The van der Waals surface area contributed by atoms with Crippen LogP contribution < -0.4 is 9.64 Å². The lowest BCUT2D eigenvalue weighted by Crippen LogP contribution is -2.31. The van der Waals surface area contributed by atoms with E-state index in [0.29, 0.717) is 6.07 Å². The highest BCUT2D eigenvalue weighted by atomic mass is 35.5. The van der Waals surface area contributed by atoms with Gasteiger partial charge in [-0.05, 0) is 29.8 Å². The third-order valence-electron chi connectivity index (χ3n) is 3.09. The van der Waals surface area contributed by atoms with Crippen LogP contribution in [0.1, 0.15) is 5.56 Å². The number of nitrogens with zero attached hydrogens (tertiary/aromatic N) is 3. The molecule has 0 spiro atoms. The Balaban J connectivity index is 2.16. The van der Waals surface area contributed by atoms with E-state index in [0.717, 1.165) is 12.1 Å². The molecule has 0 N–H and O–H groups in total. The van der Waals surface area contributed by atoms with Gasteiger partial charge in [-0.2, -0.15) is 18.2 Å². The summed E-state index contributed by atoms with van der Waals surface area (Å²) >= 11 is 5.70. The van der Waals surface area contributed by atoms with Gasteiger partial charge < -0.3 is 9.64 Å². The van der Waals surface area contributed by atoms with Crippen LogP contribution in [0.5, 0.6) is 5.75 Å². The van der Waals surface area contributed by atoms with Crippen molar-refractivity contribution in [2.45, 2.75) is 6.18 Å². The molecule has 2 heterocycles. The predicted molar refractivity (Wildman–Crippen MR) is 70.9 cm³/mol. The average Bonchev–Trinajstić information content (AvgIpc) is 2.46. The molecule has 0 fully saturated rings. The molecule has 0 bridgehead atoms. The number of halogens is 5. The van der Waals surface area contributed by atoms with Crippen LogP contribution in [0, 0.1) is 5.82 Å². The molecule has 116 valence electrons. The van der Waals surface area contributed by atoms with Crippen molar-refractivity contribution in [3.8, 4) is 5.75 Å². The van der Waals surface area contributed by atoms with Gasteiger partial charge in [0.15, 0.2) is 11.6 Å². The van der Waals surface area contributed by atoms with Crippen molar-refractivity contribution in [2.75, 3.05) is 18.1 Å². The molecule has 0 saturated heterocycles. The minimum absolute atomic E-state index is 0.114. The zero-order chi connectivity index (χ0) is 15.9. The minimum Gasteiger partial charge on any atom is -0.486 e. The van der Waals surface area contributed by atoms with Crippen LogP contribution in [0.3, 0.4) is 0 Å². The number of benzene rings is 1. The van der Waals surface area contributed by atoms with Crippen molar-refractivity contribution in [2.24, 2.45) is 0 Å². The minimum atomic E-state index is -4.70. The molecule has 9 heteroatoms. The molecular weight excluding hydrogens is 326 g/mol. The van der Waals surface area contributed by atoms with Crippen LogP contribution in [0.4, 0.5) is 29.1 Å². The normalized spacial score (nSPS) is 14.5. The van der Waals surface area contributed by atoms with E-state index in [1.807, 2.05) is 0 Å². The third-order valence-corrected chi connectivity index (χ3v) is 3.27. The molecule has 1 aromatic heterocycles. The molecule has 0 aliphatic carbocycles. The summed E-state index contributed by atoms with van der Waals surface area (Å²) in [6.07, 6.45) is -3.42. The first-order valence-electron chi connectivity index (χ1n) is 6.16. The Morgan fingerprint density at radius 3 is 2.77 bits per heavy atom. The second kappa shape index (κ2) is 5.28. The Bertz CT molecular complexity index is 723. The van der Waals surface area contributed by atoms with Gasteiger partial charge in [-0.15, -0.1) is 0 Å². The first kappa shape index (κ1) is 14.8. The lowest BCUT2D eigenvalue weighted by atomic mass is 10.1. The van der Waals surface area contributed by atoms with E-state index in [2.05, 4.69) is 9.97 Å². The molecule has 0 saturated carbocycles. The summed E-state index contributed by atoms with van der Waals surface area (Å²) < 4.78 is 58.0. The Labute approximate surface area is 127 Å². The molecule has 3 rings (SSSR count). The van der Waals surface area contributed by atoms with Gasteiger partial charge in [0, 0.05) is 0 Å². The van der Waals surface area contributed by atoms with Gasteiger partial charge in [-0.25, -0.2) is 9.37 Å². The second-order valence-electron chi connectivity index (χ2n) is 4.49. The number of ether oxygens (including phenoxy) is 1. The molecule has 0 amide bonds. The van der Waals surface area contributed by atoms with Gasteiger partial charge in [-0.1, -0.05) is 0 Å². The van der Waals surface area contributed by atoms with Crippen molar-refractivity contribution < 1.29 is 22.3 Å². The van der Waals surface area contributed by atoms with Gasteiger partial charge in [-0.3, -0.25) is 0 Å². The van der Waals surface area contributed by atoms with Crippen molar-refractivity contribution >= 4 is 23.1 Å². The highest BCUT2D eigenvalue weighted by molar-refractivity contribution is 6.28. The van der Waals surface area contributed by atoms with E-state index < -0.39 is 17.6 Å². The summed E-state index contributed by atoms with van der Waals surface area (Å²) in [7, 11) is 0. The highest BCUT2D eigenvalue weighted by Crippen LogP contribution is 2.42. The number of fused-ring (bicyclic) bond motifs is 1. The van der Waals surface area contributed by atoms with Gasteiger partial charge in [0.05, 0.1) is 24.0 Å². The monoisotopic (exact) mass is 333 g/mol. The third kappa shape index (κ3) is 2.66. The fourth-order valence-electron chi connectivity index (χ4n) is 2.19. The second-order valence-corrected chi connectivity index (χ2v) is 4.82. The Morgan fingerprint density at radius 1 is 1.27 bits per heavy atom. The Kier molecular flexibility index (Phi) is 3.56. The van der Waals surface area contributed by atoms with Crippen LogP contribution in [0.2, 0.25) is 5.28 Å². The van der Waals surface area contributed by atoms with Gasteiger partial charge in [0.25, 0.3) is 0 Å². The van der Waals surface area contributed by atoms with E-state index in [-0.39, 0.29) is 35.7 Å². The molecule has 1 aliphatic rings. The lowest BCUT2D eigenvalue weighted by Gasteiger charge is -2.31. The highest BCUT2D eigenvalue weighted by Gasteiger charge is 2.37. The molecule has 0 unspecified atom stereocenters. The predicted octanol–water partition coefficient (Wildman–Crippen LogP) is 3.82. The standard InChI is InChI=1S/C13H8ClF4N3O/c14-12-19-6-10-11(20-12)21(3-4-22-10)9-2-1-7(15)5-8(9)13(16,17)18/h1-2,5-6H,3-4H2. The number of aromatic nitrogens is 2. The summed E-state index contributed by atoms with van der Waals surface area (Å²) in [4.78, 5) is 8.92. The zero-order valence-corrected chi connectivity index (χ0v) is 11.6. The summed E-state index contributed by atoms with van der Waals surface area (Å²) in [6, 6.07) is 2.47. The summed E-state index contributed by atoms with van der Waals surface area (Å²) in [6.45, 7) is 0.266. The number of hydrogen-bond acceptors (Lipinski definition) is 4. The van der Waals surface area contributed by atoms with Gasteiger partial charge in [0.1, 0.15) is 12.4 Å². The topological polar surface area (TPSA) is 38.2 Å². The summed E-state index contributed by atoms with van der Waals surface area (Å²) in [5, 5.41) is -0.120. The van der Waals surface area contributed by atoms with E-state index in [1.165, 1.54) is 11.1 Å². The first-order valence-corrected chi connectivity index (χ1v) is 6.53. The summed E-state index contributed by atoms with van der Waals surface area (Å²) in [5.74, 6) is -0.637. The number of rotatable bonds is 1. The molecular formula is C13H8ClF4N3O. The van der Waals surface area contributed by atoms with Crippen molar-refractivity contribution in [1.82, 2.24) is 9.97 Å². The molecule has 2 aromatic rings. The van der Waals surface area contributed by atoms with Crippen LogP contribution in [-0.2, 0) is 6.18 Å². The molecule has 0 atom stereocenters. The molecule has 0 radical (unpaired) electrons. The zero-order valence-electron chi connectivity index (χ0n) is 10.9. The molecule has 1 aliphatic heterocycles. The van der Waals surface area contributed by atoms with Crippen LogP contribution in [-0.4, -0.2) is 23.1 Å². The van der Waals surface area contributed by atoms with Crippen LogP contribution >= 0.6 is 11.6 Å². The maximum Gasteiger partial charge on any atom is 0.418 e. The molecule has 22 heavy (non-hydrogen) atoms. The van der Waals surface area contributed by atoms with Crippen molar-refractivity contribution in [3.63, 3.8) is 0 Å². The maximum absolute atomic E-state index is 13.2. The number of alkyl halides is 3. The van der Waals surface area contributed by atoms with Gasteiger partial charge >= 0.3 is 6.18 Å². The van der Waals surface area contributed by atoms with Crippen LogP contribution in [0.25, 0.3) is 0 Å².